The molecule has 1 amide bonds. The predicted octanol–water partition coefficient (Wildman–Crippen LogP) is 5.24. The number of amides is 1. The molecule has 38 heavy (non-hydrogen) atoms. The third kappa shape index (κ3) is 4.91. The second-order valence-corrected chi connectivity index (χ2v) is 9.22. The van der Waals surface area contributed by atoms with Crippen LogP contribution in [0.3, 0.4) is 0 Å². The maximum atomic E-state index is 14.7. The van der Waals surface area contributed by atoms with E-state index in [4.69, 9.17) is 11.6 Å². The molecule has 5 rings (SSSR count). The summed E-state index contributed by atoms with van der Waals surface area (Å²) in [6.45, 7) is 5.35. The largest absolute Gasteiger partial charge is 0.341 e. The number of alkyl halides is 2. The lowest BCUT2D eigenvalue weighted by atomic mass is 10.0. The maximum absolute atomic E-state index is 14.7. The Hall–Kier alpha value is -4.06. The van der Waals surface area contributed by atoms with Gasteiger partial charge >= 0.3 is 0 Å². The Morgan fingerprint density at radius 1 is 1.11 bits per heavy atom. The lowest BCUT2D eigenvalue weighted by molar-refractivity contribution is 0.102. The summed E-state index contributed by atoms with van der Waals surface area (Å²) in [7, 11) is 0. The van der Waals surface area contributed by atoms with E-state index in [-0.39, 0.29) is 28.1 Å². The molecule has 1 aromatic carbocycles. The first kappa shape index (κ1) is 25.6. The summed E-state index contributed by atoms with van der Waals surface area (Å²) >= 11 is 5.82. The van der Waals surface area contributed by atoms with Crippen molar-refractivity contribution in [2.45, 2.75) is 32.7 Å². The monoisotopic (exact) mass is 542 g/mol. The zero-order valence-electron chi connectivity index (χ0n) is 20.4. The summed E-state index contributed by atoms with van der Waals surface area (Å²) in [5.41, 5.74) is -0.0594. The quantitative estimate of drug-likeness (QED) is 0.341. The molecule has 1 N–H and O–H groups in total. The van der Waals surface area contributed by atoms with Gasteiger partial charge in [-0.25, -0.2) is 28.1 Å². The van der Waals surface area contributed by atoms with Crippen molar-refractivity contribution in [1.29, 1.82) is 0 Å². The van der Waals surface area contributed by atoms with Gasteiger partial charge in [0.25, 0.3) is 12.3 Å². The molecule has 0 bridgehead atoms. The first-order chi connectivity index (χ1) is 18.2. The van der Waals surface area contributed by atoms with Gasteiger partial charge in [-0.2, -0.15) is 5.10 Å². The third-order valence-corrected chi connectivity index (χ3v) is 6.62. The number of aromatic nitrogens is 6. The molecular formula is C25H22ClF3N8O. The maximum Gasteiger partial charge on any atom is 0.276 e. The summed E-state index contributed by atoms with van der Waals surface area (Å²) < 4.78 is 43.5. The SMILES string of the molecule is Cc1ncc(-c2c(C(F)F)ccc(Cl)c2F)nc1C(=O)Nc1cnn(C(C)c2cnc(N3CCC3)nc2)c1. The van der Waals surface area contributed by atoms with Crippen molar-refractivity contribution in [3.05, 3.63) is 76.5 Å². The summed E-state index contributed by atoms with van der Waals surface area (Å²) in [6.07, 6.45) is 5.86. The van der Waals surface area contributed by atoms with Crippen LogP contribution in [0.1, 0.15) is 53.1 Å². The summed E-state index contributed by atoms with van der Waals surface area (Å²) in [6, 6.07) is 1.85. The first-order valence-electron chi connectivity index (χ1n) is 11.8. The van der Waals surface area contributed by atoms with Gasteiger partial charge in [-0.3, -0.25) is 14.5 Å². The van der Waals surface area contributed by atoms with Crippen molar-refractivity contribution in [2.75, 3.05) is 23.3 Å². The van der Waals surface area contributed by atoms with Gasteiger partial charge in [-0.05, 0) is 26.3 Å². The topological polar surface area (TPSA) is 102 Å². The lowest BCUT2D eigenvalue weighted by Gasteiger charge is -2.30. The van der Waals surface area contributed by atoms with Crippen molar-refractivity contribution >= 4 is 29.1 Å². The molecule has 196 valence electrons. The Kier molecular flexibility index (Phi) is 6.98. The van der Waals surface area contributed by atoms with Crippen LogP contribution >= 0.6 is 11.6 Å². The number of aryl methyl sites for hydroxylation is 1. The minimum absolute atomic E-state index is 0.155. The van der Waals surface area contributed by atoms with Crippen LogP contribution in [0.25, 0.3) is 11.3 Å². The third-order valence-electron chi connectivity index (χ3n) is 6.32. The molecular weight excluding hydrogens is 521 g/mol. The van der Waals surface area contributed by atoms with Crippen LogP contribution in [-0.4, -0.2) is 48.7 Å². The van der Waals surface area contributed by atoms with E-state index in [1.54, 1.807) is 23.3 Å². The van der Waals surface area contributed by atoms with Crippen LogP contribution < -0.4 is 10.2 Å². The fourth-order valence-electron chi connectivity index (χ4n) is 3.98. The Labute approximate surface area is 220 Å². The van der Waals surface area contributed by atoms with Gasteiger partial charge in [-0.1, -0.05) is 17.7 Å². The van der Waals surface area contributed by atoms with E-state index in [2.05, 4.69) is 35.3 Å². The first-order valence-corrected chi connectivity index (χ1v) is 12.1. The number of rotatable bonds is 7. The molecule has 0 saturated carbocycles. The van der Waals surface area contributed by atoms with Gasteiger partial charge < -0.3 is 10.2 Å². The Balaban J connectivity index is 1.36. The molecule has 13 heteroatoms. The number of hydrogen-bond acceptors (Lipinski definition) is 7. The molecule has 0 aliphatic carbocycles. The average molecular weight is 543 g/mol. The Bertz CT molecular complexity index is 1490. The highest BCUT2D eigenvalue weighted by atomic mass is 35.5. The minimum atomic E-state index is -2.98. The summed E-state index contributed by atoms with van der Waals surface area (Å²) in [5.74, 6) is -1.03. The molecule has 4 aromatic rings. The van der Waals surface area contributed by atoms with Gasteiger partial charge in [0.15, 0.2) is 5.82 Å². The van der Waals surface area contributed by atoms with Crippen LogP contribution in [0.5, 0.6) is 0 Å². The van der Waals surface area contributed by atoms with E-state index in [0.717, 1.165) is 43.4 Å². The van der Waals surface area contributed by atoms with Crippen LogP contribution in [0.2, 0.25) is 5.02 Å². The standard InChI is InChI=1S/C25H22ClF3N8O/c1-13-22(35-19(11-30-13)20-17(23(28)29)4-5-18(26)21(20)27)24(38)34-16-10-33-37(12-16)14(2)15-8-31-25(32-9-15)36-6-3-7-36/h4-5,8-12,14,23H,3,6-7H2,1-2H3,(H,34,38). The van der Waals surface area contributed by atoms with Gasteiger partial charge in [0.05, 0.1) is 40.5 Å². The van der Waals surface area contributed by atoms with Gasteiger partial charge in [0, 0.05) is 48.4 Å². The van der Waals surface area contributed by atoms with Gasteiger partial charge in [-0.15, -0.1) is 0 Å². The Morgan fingerprint density at radius 2 is 1.84 bits per heavy atom. The highest BCUT2D eigenvalue weighted by molar-refractivity contribution is 6.31. The minimum Gasteiger partial charge on any atom is -0.341 e. The molecule has 1 saturated heterocycles. The van der Waals surface area contributed by atoms with Crippen molar-refractivity contribution in [1.82, 2.24) is 29.7 Å². The summed E-state index contributed by atoms with van der Waals surface area (Å²) in [4.78, 5) is 32.2. The van der Waals surface area contributed by atoms with Gasteiger partial charge in [0.1, 0.15) is 5.69 Å². The molecule has 1 unspecified atom stereocenters. The number of nitrogens with zero attached hydrogens (tertiary/aromatic N) is 7. The van der Waals surface area contributed by atoms with Gasteiger partial charge in [0.2, 0.25) is 5.95 Å². The molecule has 1 fully saturated rings. The number of halogens is 4. The second-order valence-electron chi connectivity index (χ2n) is 8.81. The van der Waals surface area contributed by atoms with E-state index in [0.29, 0.717) is 11.6 Å². The van der Waals surface area contributed by atoms with Crippen LogP contribution in [-0.2, 0) is 0 Å². The van der Waals surface area contributed by atoms with Crippen LogP contribution in [0, 0.1) is 12.7 Å². The zero-order valence-corrected chi connectivity index (χ0v) is 21.1. The molecule has 0 spiro atoms. The smallest absolute Gasteiger partial charge is 0.276 e. The number of hydrogen-bond donors (Lipinski definition) is 1. The van der Waals surface area contributed by atoms with Crippen molar-refractivity contribution in [2.24, 2.45) is 0 Å². The molecule has 0 radical (unpaired) electrons. The highest BCUT2D eigenvalue weighted by Crippen LogP contribution is 2.35. The lowest BCUT2D eigenvalue weighted by Crippen LogP contribution is -2.38. The van der Waals surface area contributed by atoms with Crippen LogP contribution in [0.15, 0.2) is 43.1 Å². The molecule has 4 heterocycles. The van der Waals surface area contributed by atoms with E-state index < -0.39 is 29.3 Å². The van der Waals surface area contributed by atoms with Crippen molar-refractivity contribution < 1.29 is 18.0 Å². The average Bonchev–Trinajstić information content (AvgIpc) is 3.33. The fraction of sp³-hybridized carbons (Fsp3) is 0.280. The Morgan fingerprint density at radius 3 is 2.50 bits per heavy atom. The summed E-state index contributed by atoms with van der Waals surface area (Å²) in [5, 5.41) is 6.65. The second kappa shape index (κ2) is 10.4. The fourth-order valence-corrected chi connectivity index (χ4v) is 4.13. The molecule has 1 aliphatic heterocycles. The number of benzene rings is 1. The molecule has 9 nitrogen and oxygen atoms in total. The number of anilines is 2. The number of carbonyl (C=O) groups is 1. The van der Waals surface area contributed by atoms with E-state index in [1.807, 2.05) is 6.92 Å². The number of carbonyl (C=O) groups excluding carboxylic acids is 1. The molecule has 1 aliphatic rings. The zero-order chi connectivity index (χ0) is 27.0. The van der Waals surface area contributed by atoms with Crippen LogP contribution in [0.4, 0.5) is 24.8 Å². The molecule has 3 aromatic heterocycles. The van der Waals surface area contributed by atoms with E-state index in [1.165, 1.54) is 13.1 Å². The van der Waals surface area contributed by atoms with Crippen molar-refractivity contribution in [3.8, 4) is 11.3 Å². The molecule has 1 atom stereocenters. The van der Waals surface area contributed by atoms with E-state index >= 15 is 0 Å². The predicted molar refractivity (Wildman–Crippen MR) is 135 cm³/mol. The van der Waals surface area contributed by atoms with E-state index in [9.17, 15) is 18.0 Å². The normalized spacial score (nSPS) is 13.9. The number of nitrogens with one attached hydrogen (secondary N) is 1. The van der Waals surface area contributed by atoms with Crippen molar-refractivity contribution in [3.63, 3.8) is 0 Å². The highest BCUT2D eigenvalue weighted by Gasteiger charge is 2.24.